The Labute approximate surface area is 96.6 Å². The van der Waals surface area contributed by atoms with Crippen LogP contribution in [0.3, 0.4) is 0 Å². The molecule has 4 heteroatoms. The summed E-state index contributed by atoms with van der Waals surface area (Å²) in [5, 5.41) is 3.16. The van der Waals surface area contributed by atoms with Crippen molar-refractivity contribution in [2.45, 2.75) is 13.0 Å². The minimum atomic E-state index is 0.804. The van der Waals surface area contributed by atoms with E-state index in [1.165, 1.54) is 5.56 Å². The number of nitrogens with one attached hydrogen (secondary N) is 1. The quantitative estimate of drug-likeness (QED) is 0.827. The molecule has 88 valence electrons. The smallest absolute Gasteiger partial charge is 0.128 e. The van der Waals surface area contributed by atoms with Crippen LogP contribution < -0.4 is 10.2 Å². The van der Waals surface area contributed by atoms with Gasteiger partial charge in [-0.15, -0.1) is 0 Å². The van der Waals surface area contributed by atoms with Crippen LogP contribution in [0.15, 0.2) is 18.3 Å². The molecule has 1 fully saturated rings. The zero-order valence-electron chi connectivity index (χ0n) is 9.78. The van der Waals surface area contributed by atoms with Crippen LogP contribution >= 0.6 is 0 Å². The molecule has 4 nitrogen and oxygen atoms in total. The van der Waals surface area contributed by atoms with Crippen LogP contribution in [0.25, 0.3) is 0 Å². The van der Waals surface area contributed by atoms with Gasteiger partial charge in [0.25, 0.3) is 0 Å². The largest absolute Gasteiger partial charge is 0.380 e. The van der Waals surface area contributed by atoms with Crippen molar-refractivity contribution in [3.05, 3.63) is 23.9 Å². The summed E-state index contributed by atoms with van der Waals surface area (Å²) in [6.45, 7) is 4.54. The Morgan fingerprint density at radius 1 is 1.44 bits per heavy atom. The Kier molecular flexibility index (Phi) is 4.13. The second-order valence-electron chi connectivity index (χ2n) is 4.01. The molecule has 1 saturated heterocycles. The maximum atomic E-state index is 5.44. The molecular formula is C12H19N3O. The molecule has 0 aliphatic carbocycles. The van der Waals surface area contributed by atoms with Gasteiger partial charge in [0.05, 0.1) is 6.61 Å². The van der Waals surface area contributed by atoms with E-state index in [2.05, 4.69) is 21.3 Å². The minimum absolute atomic E-state index is 0.804. The predicted octanol–water partition coefficient (Wildman–Crippen LogP) is 1.03. The van der Waals surface area contributed by atoms with Crippen molar-refractivity contribution in [3.63, 3.8) is 0 Å². The number of rotatable bonds is 3. The van der Waals surface area contributed by atoms with Crippen LogP contribution in [-0.2, 0) is 11.3 Å². The van der Waals surface area contributed by atoms with E-state index in [1.807, 2.05) is 19.3 Å². The molecule has 0 unspecified atom stereocenters. The summed E-state index contributed by atoms with van der Waals surface area (Å²) in [4.78, 5) is 6.73. The van der Waals surface area contributed by atoms with Crippen molar-refractivity contribution in [3.8, 4) is 0 Å². The van der Waals surface area contributed by atoms with E-state index in [-0.39, 0.29) is 0 Å². The molecular weight excluding hydrogens is 202 g/mol. The van der Waals surface area contributed by atoms with Gasteiger partial charge in [0.1, 0.15) is 5.82 Å². The fourth-order valence-electron chi connectivity index (χ4n) is 1.92. The standard InChI is InChI=1S/C12H19N3O/c1-13-10-11-3-4-14-12(9-11)15-5-2-7-16-8-6-15/h3-4,9,13H,2,5-8,10H2,1H3. The first-order valence-electron chi connectivity index (χ1n) is 5.82. The van der Waals surface area contributed by atoms with Crippen molar-refractivity contribution in [2.75, 3.05) is 38.3 Å². The molecule has 1 aromatic heterocycles. The number of nitrogens with zero attached hydrogens (tertiary/aromatic N) is 2. The van der Waals surface area contributed by atoms with Gasteiger partial charge in [-0.05, 0) is 31.2 Å². The monoisotopic (exact) mass is 221 g/mol. The second-order valence-corrected chi connectivity index (χ2v) is 4.01. The highest BCUT2D eigenvalue weighted by Crippen LogP contribution is 2.14. The summed E-state index contributed by atoms with van der Waals surface area (Å²) in [7, 11) is 1.96. The Hall–Kier alpha value is -1.13. The summed E-state index contributed by atoms with van der Waals surface area (Å²) in [5.74, 6) is 1.07. The van der Waals surface area contributed by atoms with E-state index in [9.17, 15) is 0 Å². The summed E-state index contributed by atoms with van der Waals surface area (Å²) in [6.07, 6.45) is 2.96. The summed E-state index contributed by atoms with van der Waals surface area (Å²) in [5.41, 5.74) is 1.28. The number of anilines is 1. The van der Waals surface area contributed by atoms with Crippen LogP contribution in [0.4, 0.5) is 5.82 Å². The van der Waals surface area contributed by atoms with Gasteiger partial charge in [-0.25, -0.2) is 4.98 Å². The maximum Gasteiger partial charge on any atom is 0.128 e. The van der Waals surface area contributed by atoms with Crippen LogP contribution in [0, 0.1) is 0 Å². The number of aromatic nitrogens is 1. The van der Waals surface area contributed by atoms with Crippen molar-refractivity contribution in [2.24, 2.45) is 0 Å². The van der Waals surface area contributed by atoms with Crippen LogP contribution in [0.5, 0.6) is 0 Å². The SMILES string of the molecule is CNCc1ccnc(N2CCCOCC2)c1. The van der Waals surface area contributed by atoms with Crippen molar-refractivity contribution < 1.29 is 4.74 Å². The van der Waals surface area contributed by atoms with Crippen LogP contribution in [-0.4, -0.2) is 38.3 Å². The summed E-state index contributed by atoms with van der Waals surface area (Å²) < 4.78 is 5.44. The van der Waals surface area contributed by atoms with Crippen molar-refractivity contribution in [1.82, 2.24) is 10.3 Å². The van der Waals surface area contributed by atoms with Gasteiger partial charge in [0, 0.05) is 32.4 Å². The third-order valence-electron chi connectivity index (χ3n) is 2.74. The molecule has 0 saturated carbocycles. The zero-order chi connectivity index (χ0) is 11.2. The van der Waals surface area contributed by atoms with Crippen molar-refractivity contribution >= 4 is 5.82 Å². The molecule has 2 rings (SSSR count). The fourth-order valence-corrected chi connectivity index (χ4v) is 1.92. The second kappa shape index (κ2) is 5.82. The molecule has 0 radical (unpaired) electrons. The molecule has 1 aliphatic rings. The summed E-state index contributed by atoms with van der Waals surface area (Å²) >= 11 is 0. The first kappa shape index (κ1) is 11.4. The molecule has 1 N–H and O–H groups in total. The third-order valence-corrected chi connectivity index (χ3v) is 2.74. The molecule has 0 aromatic carbocycles. The average molecular weight is 221 g/mol. The number of hydrogen-bond acceptors (Lipinski definition) is 4. The lowest BCUT2D eigenvalue weighted by Gasteiger charge is -2.21. The minimum Gasteiger partial charge on any atom is -0.380 e. The van der Waals surface area contributed by atoms with Crippen LogP contribution in [0.2, 0.25) is 0 Å². The third kappa shape index (κ3) is 2.93. The first-order valence-corrected chi connectivity index (χ1v) is 5.82. The molecule has 0 spiro atoms. The normalized spacial score (nSPS) is 17.2. The van der Waals surface area contributed by atoms with Crippen LogP contribution in [0.1, 0.15) is 12.0 Å². The van der Waals surface area contributed by atoms with Gasteiger partial charge in [-0.1, -0.05) is 0 Å². The summed E-state index contributed by atoms with van der Waals surface area (Å²) in [6, 6.07) is 4.20. The molecule has 16 heavy (non-hydrogen) atoms. The molecule has 1 aromatic rings. The van der Waals surface area contributed by atoms with E-state index < -0.39 is 0 Å². The predicted molar refractivity (Wildman–Crippen MR) is 64.6 cm³/mol. The zero-order valence-corrected chi connectivity index (χ0v) is 9.78. The molecule has 0 atom stereocenters. The number of hydrogen-bond donors (Lipinski definition) is 1. The molecule has 0 bridgehead atoms. The van der Waals surface area contributed by atoms with Gasteiger partial charge in [-0.3, -0.25) is 0 Å². The van der Waals surface area contributed by atoms with E-state index in [0.717, 1.165) is 45.1 Å². The van der Waals surface area contributed by atoms with E-state index in [1.54, 1.807) is 0 Å². The highest BCUT2D eigenvalue weighted by molar-refractivity contribution is 5.41. The lowest BCUT2D eigenvalue weighted by molar-refractivity contribution is 0.152. The van der Waals surface area contributed by atoms with E-state index >= 15 is 0 Å². The van der Waals surface area contributed by atoms with Gasteiger partial charge >= 0.3 is 0 Å². The Morgan fingerprint density at radius 3 is 3.25 bits per heavy atom. The Bertz CT molecular complexity index is 322. The van der Waals surface area contributed by atoms with Crippen molar-refractivity contribution in [1.29, 1.82) is 0 Å². The maximum absolute atomic E-state index is 5.44. The highest BCUT2D eigenvalue weighted by Gasteiger charge is 2.11. The van der Waals surface area contributed by atoms with Gasteiger partial charge < -0.3 is 15.0 Å². The molecule has 1 aliphatic heterocycles. The highest BCUT2D eigenvalue weighted by atomic mass is 16.5. The molecule has 0 amide bonds. The molecule has 2 heterocycles. The van der Waals surface area contributed by atoms with Gasteiger partial charge in [-0.2, -0.15) is 0 Å². The Morgan fingerprint density at radius 2 is 2.38 bits per heavy atom. The van der Waals surface area contributed by atoms with Gasteiger partial charge in [0.15, 0.2) is 0 Å². The first-order chi connectivity index (χ1) is 7.90. The topological polar surface area (TPSA) is 37.4 Å². The lowest BCUT2D eigenvalue weighted by atomic mass is 10.2. The number of ether oxygens (including phenoxy) is 1. The Balaban J connectivity index is 2.08. The average Bonchev–Trinajstić information content (AvgIpc) is 2.58. The van der Waals surface area contributed by atoms with Gasteiger partial charge in [0.2, 0.25) is 0 Å². The fraction of sp³-hybridized carbons (Fsp3) is 0.583. The number of pyridine rings is 1. The van der Waals surface area contributed by atoms with E-state index in [4.69, 9.17) is 4.74 Å². The van der Waals surface area contributed by atoms with E-state index in [0.29, 0.717) is 0 Å². The lowest BCUT2D eigenvalue weighted by Crippen LogP contribution is -2.26.